The van der Waals surface area contributed by atoms with Crippen molar-refractivity contribution in [2.45, 2.75) is 26.7 Å². The van der Waals surface area contributed by atoms with Crippen LogP contribution in [0, 0.1) is 17.8 Å². The lowest BCUT2D eigenvalue weighted by Gasteiger charge is -2.19. The summed E-state index contributed by atoms with van der Waals surface area (Å²) < 4.78 is 0. The predicted octanol–water partition coefficient (Wildman–Crippen LogP) is 3.16. The van der Waals surface area contributed by atoms with Gasteiger partial charge >= 0.3 is 0 Å². The molecule has 0 heterocycles. The van der Waals surface area contributed by atoms with Crippen LogP contribution >= 0.6 is 0 Å². The number of allylic oxidation sites excluding steroid dienone is 4. The summed E-state index contributed by atoms with van der Waals surface area (Å²) >= 11 is 0. The Bertz CT molecular complexity index is 210. The van der Waals surface area contributed by atoms with E-state index in [9.17, 15) is 0 Å². The van der Waals surface area contributed by atoms with E-state index in [4.69, 9.17) is 0 Å². The summed E-state index contributed by atoms with van der Waals surface area (Å²) in [6.45, 7) is 4.65. The molecule has 0 saturated heterocycles. The molecule has 0 spiro atoms. The van der Waals surface area contributed by atoms with Gasteiger partial charge in [-0.3, -0.25) is 0 Å². The van der Waals surface area contributed by atoms with Crippen LogP contribution in [0.25, 0.3) is 0 Å². The zero-order valence-corrected chi connectivity index (χ0v) is 7.38. The van der Waals surface area contributed by atoms with Crippen molar-refractivity contribution in [3.05, 3.63) is 23.8 Å². The maximum atomic E-state index is 2.39. The van der Waals surface area contributed by atoms with Crippen LogP contribution < -0.4 is 0 Å². The van der Waals surface area contributed by atoms with Crippen LogP contribution in [0.3, 0.4) is 0 Å². The lowest BCUT2D eigenvalue weighted by Crippen LogP contribution is -2.08. The second kappa shape index (κ2) is 2.51. The zero-order valence-electron chi connectivity index (χ0n) is 7.38. The molecule has 1 fully saturated rings. The molecule has 0 aliphatic heterocycles. The summed E-state index contributed by atoms with van der Waals surface area (Å²) in [7, 11) is 0. The van der Waals surface area contributed by atoms with Crippen molar-refractivity contribution >= 4 is 0 Å². The standard InChI is InChI=1S/C11H16/c1-8-6-10-5-3-4-9(2)11(10)7-8/h3-5,8,10-11H,6-7H2,1-2H3. The van der Waals surface area contributed by atoms with Crippen LogP contribution in [0.15, 0.2) is 23.8 Å². The Kier molecular flexibility index (Phi) is 1.63. The minimum atomic E-state index is 0.870. The van der Waals surface area contributed by atoms with E-state index in [-0.39, 0.29) is 0 Å². The summed E-state index contributed by atoms with van der Waals surface area (Å²) in [6.07, 6.45) is 9.72. The Morgan fingerprint density at radius 2 is 2.18 bits per heavy atom. The van der Waals surface area contributed by atoms with E-state index in [0.717, 1.165) is 17.8 Å². The molecule has 0 amide bonds. The van der Waals surface area contributed by atoms with Gasteiger partial charge in [0.1, 0.15) is 0 Å². The number of hydrogen-bond acceptors (Lipinski definition) is 0. The summed E-state index contributed by atoms with van der Waals surface area (Å²) in [4.78, 5) is 0. The van der Waals surface area contributed by atoms with Gasteiger partial charge in [-0.2, -0.15) is 0 Å². The van der Waals surface area contributed by atoms with Crippen molar-refractivity contribution in [3.63, 3.8) is 0 Å². The number of rotatable bonds is 0. The van der Waals surface area contributed by atoms with Crippen molar-refractivity contribution in [2.24, 2.45) is 17.8 Å². The summed E-state index contributed by atoms with van der Waals surface area (Å²) in [5.41, 5.74) is 1.60. The van der Waals surface area contributed by atoms with Gasteiger partial charge in [-0.1, -0.05) is 30.7 Å². The van der Waals surface area contributed by atoms with Gasteiger partial charge in [0.05, 0.1) is 0 Å². The van der Waals surface area contributed by atoms with Crippen molar-refractivity contribution in [1.29, 1.82) is 0 Å². The first-order valence-corrected chi connectivity index (χ1v) is 4.62. The van der Waals surface area contributed by atoms with E-state index in [1.54, 1.807) is 5.57 Å². The van der Waals surface area contributed by atoms with Crippen molar-refractivity contribution in [1.82, 2.24) is 0 Å². The monoisotopic (exact) mass is 148 g/mol. The topological polar surface area (TPSA) is 0 Å². The highest BCUT2D eigenvalue weighted by Crippen LogP contribution is 2.42. The number of hydrogen-bond donors (Lipinski definition) is 0. The third-order valence-corrected chi connectivity index (χ3v) is 3.15. The largest absolute Gasteiger partial charge is 0.0808 e. The van der Waals surface area contributed by atoms with Crippen LogP contribution in [0.1, 0.15) is 26.7 Å². The minimum absolute atomic E-state index is 0.870. The molecular formula is C11H16. The van der Waals surface area contributed by atoms with Crippen molar-refractivity contribution in [3.8, 4) is 0 Å². The Morgan fingerprint density at radius 1 is 1.36 bits per heavy atom. The molecule has 1 saturated carbocycles. The average molecular weight is 148 g/mol. The van der Waals surface area contributed by atoms with E-state index < -0.39 is 0 Å². The Morgan fingerprint density at radius 3 is 2.91 bits per heavy atom. The van der Waals surface area contributed by atoms with Gasteiger partial charge in [0, 0.05) is 0 Å². The van der Waals surface area contributed by atoms with Crippen LogP contribution in [-0.4, -0.2) is 0 Å². The molecule has 0 aromatic carbocycles. The molecule has 60 valence electrons. The first kappa shape index (κ1) is 7.15. The highest BCUT2D eigenvalue weighted by molar-refractivity contribution is 5.23. The minimum Gasteiger partial charge on any atom is -0.0808 e. The molecule has 2 aliphatic carbocycles. The van der Waals surface area contributed by atoms with E-state index in [1.165, 1.54) is 12.8 Å². The second-order valence-corrected chi connectivity index (χ2v) is 4.14. The Hall–Kier alpha value is -0.520. The van der Waals surface area contributed by atoms with Gasteiger partial charge in [-0.25, -0.2) is 0 Å². The molecule has 3 atom stereocenters. The van der Waals surface area contributed by atoms with Gasteiger partial charge in [0.25, 0.3) is 0 Å². The fourth-order valence-corrected chi connectivity index (χ4v) is 2.54. The molecule has 0 nitrogen and oxygen atoms in total. The van der Waals surface area contributed by atoms with Crippen LogP contribution in [0.2, 0.25) is 0 Å². The smallest absolute Gasteiger partial charge is 0.0137 e. The van der Waals surface area contributed by atoms with E-state index >= 15 is 0 Å². The van der Waals surface area contributed by atoms with E-state index in [0.29, 0.717) is 0 Å². The first-order valence-electron chi connectivity index (χ1n) is 4.62. The molecular weight excluding hydrogens is 132 g/mol. The first-order chi connectivity index (χ1) is 5.27. The number of fused-ring (bicyclic) bond motifs is 1. The third kappa shape index (κ3) is 1.15. The van der Waals surface area contributed by atoms with E-state index in [2.05, 4.69) is 32.1 Å². The van der Waals surface area contributed by atoms with Gasteiger partial charge in [0.15, 0.2) is 0 Å². The summed E-state index contributed by atoms with van der Waals surface area (Å²) in [5, 5.41) is 0. The molecule has 0 aromatic heterocycles. The van der Waals surface area contributed by atoms with Crippen molar-refractivity contribution < 1.29 is 0 Å². The lowest BCUT2D eigenvalue weighted by atomic mass is 9.86. The van der Waals surface area contributed by atoms with Crippen molar-refractivity contribution in [2.75, 3.05) is 0 Å². The van der Waals surface area contributed by atoms with Gasteiger partial charge in [-0.15, -0.1) is 0 Å². The van der Waals surface area contributed by atoms with Crippen LogP contribution in [0.5, 0.6) is 0 Å². The molecule has 2 aliphatic rings. The predicted molar refractivity (Wildman–Crippen MR) is 48.3 cm³/mol. The molecule has 0 bridgehead atoms. The van der Waals surface area contributed by atoms with Gasteiger partial charge in [0.2, 0.25) is 0 Å². The molecule has 0 heteroatoms. The average Bonchev–Trinajstić information content (AvgIpc) is 2.31. The summed E-state index contributed by atoms with van der Waals surface area (Å²) in [5.74, 6) is 2.70. The fourth-order valence-electron chi connectivity index (χ4n) is 2.54. The quantitative estimate of drug-likeness (QED) is 0.495. The molecule has 0 N–H and O–H groups in total. The molecule has 0 radical (unpaired) electrons. The fraction of sp³-hybridized carbons (Fsp3) is 0.636. The molecule has 2 rings (SSSR count). The Labute approximate surface area is 69.0 Å². The van der Waals surface area contributed by atoms with Crippen LogP contribution in [-0.2, 0) is 0 Å². The van der Waals surface area contributed by atoms with Crippen LogP contribution in [0.4, 0.5) is 0 Å². The highest BCUT2D eigenvalue weighted by atomic mass is 14.4. The second-order valence-electron chi connectivity index (χ2n) is 4.14. The van der Waals surface area contributed by atoms with E-state index in [1.807, 2.05) is 0 Å². The Balaban J connectivity index is 2.21. The lowest BCUT2D eigenvalue weighted by molar-refractivity contribution is 0.522. The molecule has 11 heavy (non-hydrogen) atoms. The maximum absolute atomic E-state index is 2.39. The SMILES string of the molecule is CC1=CC=CC2CC(C)CC12. The highest BCUT2D eigenvalue weighted by Gasteiger charge is 2.31. The third-order valence-electron chi connectivity index (χ3n) is 3.15. The van der Waals surface area contributed by atoms with Gasteiger partial charge in [-0.05, 0) is 37.5 Å². The maximum Gasteiger partial charge on any atom is -0.0137 e. The van der Waals surface area contributed by atoms with Gasteiger partial charge < -0.3 is 0 Å². The molecule has 3 unspecified atom stereocenters. The normalized spacial score (nSPS) is 42.0. The zero-order chi connectivity index (χ0) is 7.84. The summed E-state index contributed by atoms with van der Waals surface area (Å²) in [6, 6.07) is 0. The molecule has 0 aromatic rings.